The number of aromatic nitrogens is 1. The first kappa shape index (κ1) is 29.1. The number of nitrogens with one attached hydrogen (secondary N) is 1. The average molecular weight is 667 g/mol. The zero-order chi connectivity index (χ0) is 34.2. The Hall–Kier alpha value is -6.65. The third-order valence-electron chi connectivity index (χ3n) is 11.2. The van der Waals surface area contributed by atoms with Crippen molar-refractivity contribution in [3.05, 3.63) is 210 Å². The standard InChI is InChI=1S/C48H34N4/c1-4-16-31(17-5-1)37-29-45-46(36-24-11-10-22-34(36)37)39-28-38-35-23-12-15-27-42(35)52(43(38)30-44(39)51(45)33-20-8-3-9-21-33)48-47(32-18-6-2-7-19-32)49-40-25-13-14-26-41(40)50-48/h1-30,45-46,48,50H. The molecule has 0 amide bonds. The molecule has 0 saturated heterocycles. The van der Waals surface area contributed by atoms with E-state index in [1.807, 2.05) is 0 Å². The highest BCUT2D eigenvalue weighted by Crippen LogP contribution is 2.55. The highest BCUT2D eigenvalue weighted by molar-refractivity contribution is 6.14. The van der Waals surface area contributed by atoms with Gasteiger partial charge in [0.1, 0.15) is 6.17 Å². The quantitative estimate of drug-likeness (QED) is 0.203. The molecule has 1 aromatic heterocycles. The van der Waals surface area contributed by atoms with Gasteiger partial charge in [-0.05, 0) is 70.3 Å². The molecule has 1 aliphatic carbocycles. The zero-order valence-electron chi connectivity index (χ0n) is 28.4. The summed E-state index contributed by atoms with van der Waals surface area (Å²) < 4.78 is 2.48. The maximum atomic E-state index is 5.34. The number of hydrogen-bond acceptors (Lipinski definition) is 3. The number of fused-ring (bicyclic) bond motifs is 9. The Balaban J connectivity index is 1.19. The molecule has 0 radical (unpaired) electrons. The van der Waals surface area contributed by atoms with Crippen LogP contribution in [-0.2, 0) is 0 Å². The molecule has 4 nitrogen and oxygen atoms in total. The van der Waals surface area contributed by atoms with Gasteiger partial charge in [0.25, 0.3) is 0 Å². The molecule has 0 saturated carbocycles. The van der Waals surface area contributed by atoms with Crippen LogP contribution in [0.1, 0.15) is 39.9 Å². The van der Waals surface area contributed by atoms with Gasteiger partial charge in [0, 0.05) is 33.6 Å². The van der Waals surface area contributed by atoms with Crippen LogP contribution in [0.2, 0.25) is 0 Å². The Morgan fingerprint density at radius 1 is 0.538 bits per heavy atom. The van der Waals surface area contributed by atoms with Crippen LogP contribution in [0.4, 0.5) is 22.7 Å². The summed E-state index contributed by atoms with van der Waals surface area (Å²) in [5, 5.41) is 6.44. The van der Waals surface area contributed by atoms with E-state index in [4.69, 9.17) is 4.99 Å². The first-order valence-corrected chi connectivity index (χ1v) is 18.1. The number of aliphatic imine (C=N–C) groups is 1. The van der Waals surface area contributed by atoms with Gasteiger partial charge in [0.05, 0.1) is 34.2 Å². The molecule has 0 bridgehead atoms. The number of anilines is 3. The van der Waals surface area contributed by atoms with E-state index in [2.05, 4.69) is 197 Å². The van der Waals surface area contributed by atoms with E-state index < -0.39 is 0 Å². The van der Waals surface area contributed by atoms with Crippen molar-refractivity contribution >= 4 is 55.8 Å². The van der Waals surface area contributed by atoms with Crippen molar-refractivity contribution in [1.29, 1.82) is 0 Å². The van der Waals surface area contributed by atoms with E-state index in [9.17, 15) is 0 Å². The van der Waals surface area contributed by atoms with E-state index in [0.717, 1.165) is 22.6 Å². The van der Waals surface area contributed by atoms with Crippen LogP contribution in [0.15, 0.2) is 187 Å². The molecule has 52 heavy (non-hydrogen) atoms. The number of benzene rings is 7. The minimum absolute atomic E-state index is 0.106. The van der Waals surface area contributed by atoms with Gasteiger partial charge in [-0.3, -0.25) is 0 Å². The van der Waals surface area contributed by atoms with Gasteiger partial charge >= 0.3 is 0 Å². The SMILES string of the molecule is C1=C(c2ccccc2)c2ccccc2C2c3cc4c5ccccc5n(C5Nc6ccccc6N=C5c5ccccc5)c4cc3N(c3ccccc3)C12. The van der Waals surface area contributed by atoms with E-state index in [1.165, 1.54) is 61.0 Å². The predicted molar refractivity (Wildman–Crippen MR) is 215 cm³/mol. The fourth-order valence-electron chi connectivity index (χ4n) is 8.96. The maximum Gasteiger partial charge on any atom is 0.148 e. The smallest absolute Gasteiger partial charge is 0.148 e. The van der Waals surface area contributed by atoms with Crippen LogP contribution >= 0.6 is 0 Å². The van der Waals surface area contributed by atoms with Gasteiger partial charge in [-0.2, -0.15) is 0 Å². The van der Waals surface area contributed by atoms with E-state index in [0.29, 0.717) is 0 Å². The van der Waals surface area contributed by atoms with Crippen LogP contribution in [0.3, 0.4) is 0 Å². The van der Waals surface area contributed by atoms with Crippen molar-refractivity contribution in [2.24, 2.45) is 4.99 Å². The summed E-state index contributed by atoms with van der Waals surface area (Å²) in [5.74, 6) is 0.173. The van der Waals surface area contributed by atoms with Crippen molar-refractivity contribution in [2.45, 2.75) is 18.1 Å². The predicted octanol–water partition coefficient (Wildman–Crippen LogP) is 11.6. The van der Waals surface area contributed by atoms with Crippen molar-refractivity contribution < 1.29 is 0 Å². The maximum absolute atomic E-state index is 5.34. The average Bonchev–Trinajstić information content (AvgIpc) is 3.72. The van der Waals surface area contributed by atoms with Gasteiger partial charge in [0.15, 0.2) is 0 Å². The third kappa shape index (κ3) is 4.31. The lowest BCUT2D eigenvalue weighted by molar-refractivity contribution is 0.722. The Bertz CT molecular complexity index is 2730. The molecule has 2 aliphatic heterocycles. The molecule has 8 aromatic rings. The first-order valence-electron chi connectivity index (χ1n) is 18.1. The molecule has 0 spiro atoms. The lowest BCUT2D eigenvalue weighted by Crippen LogP contribution is -2.31. The molecule has 1 N–H and O–H groups in total. The second-order valence-electron chi connectivity index (χ2n) is 13.9. The van der Waals surface area contributed by atoms with Crippen molar-refractivity contribution in [1.82, 2.24) is 4.57 Å². The summed E-state index contributed by atoms with van der Waals surface area (Å²) in [5.41, 5.74) is 15.5. The van der Waals surface area contributed by atoms with Crippen LogP contribution in [0.25, 0.3) is 27.4 Å². The number of hydrogen-bond donors (Lipinski definition) is 1. The Kier molecular flexibility index (Phi) is 6.41. The highest BCUT2D eigenvalue weighted by Gasteiger charge is 2.43. The minimum atomic E-state index is -0.225. The molecule has 7 aromatic carbocycles. The molecule has 0 fully saturated rings. The number of rotatable bonds is 4. The first-order chi connectivity index (χ1) is 25.8. The van der Waals surface area contributed by atoms with Crippen molar-refractivity contribution in [3.63, 3.8) is 0 Å². The summed E-state index contributed by atoms with van der Waals surface area (Å²) in [7, 11) is 0. The van der Waals surface area contributed by atoms with Gasteiger partial charge < -0.3 is 14.8 Å². The molecular formula is C48H34N4. The molecule has 3 atom stereocenters. The second kappa shape index (κ2) is 11.4. The molecule has 3 unspecified atom stereocenters. The Labute approximate surface area is 302 Å². The van der Waals surface area contributed by atoms with Crippen molar-refractivity contribution in [2.75, 3.05) is 10.2 Å². The van der Waals surface area contributed by atoms with Crippen LogP contribution in [0, 0.1) is 0 Å². The van der Waals surface area contributed by atoms with E-state index in [-0.39, 0.29) is 18.1 Å². The van der Waals surface area contributed by atoms with E-state index >= 15 is 0 Å². The number of para-hydroxylation sites is 4. The van der Waals surface area contributed by atoms with Crippen LogP contribution in [-0.4, -0.2) is 16.3 Å². The van der Waals surface area contributed by atoms with Gasteiger partial charge in [-0.25, -0.2) is 4.99 Å². The largest absolute Gasteiger partial charge is 0.358 e. The molecule has 11 rings (SSSR count). The Morgan fingerprint density at radius 3 is 2.04 bits per heavy atom. The molecule has 3 heterocycles. The molecule has 4 heteroatoms. The summed E-state index contributed by atoms with van der Waals surface area (Å²) >= 11 is 0. The molecule has 246 valence electrons. The summed E-state index contributed by atoms with van der Waals surface area (Å²) in [6.07, 6.45) is 2.29. The Morgan fingerprint density at radius 2 is 1.21 bits per heavy atom. The fourth-order valence-corrected chi connectivity index (χ4v) is 8.96. The van der Waals surface area contributed by atoms with Crippen LogP contribution < -0.4 is 10.2 Å². The topological polar surface area (TPSA) is 32.6 Å². The summed E-state index contributed by atoms with van der Waals surface area (Å²) in [6, 6.07) is 63.7. The zero-order valence-corrected chi connectivity index (χ0v) is 28.4. The molecular weight excluding hydrogens is 633 g/mol. The number of nitrogens with zero attached hydrogens (tertiary/aromatic N) is 3. The monoisotopic (exact) mass is 666 g/mol. The van der Waals surface area contributed by atoms with Gasteiger partial charge in [-0.1, -0.05) is 140 Å². The van der Waals surface area contributed by atoms with Crippen LogP contribution in [0.5, 0.6) is 0 Å². The minimum Gasteiger partial charge on any atom is -0.358 e. The third-order valence-corrected chi connectivity index (χ3v) is 11.2. The van der Waals surface area contributed by atoms with Gasteiger partial charge in [0.2, 0.25) is 0 Å². The lowest BCUT2D eigenvalue weighted by atomic mass is 9.76. The lowest BCUT2D eigenvalue weighted by Gasteiger charge is -2.34. The molecule has 3 aliphatic rings. The highest BCUT2D eigenvalue weighted by atomic mass is 15.2. The van der Waals surface area contributed by atoms with Crippen molar-refractivity contribution in [3.8, 4) is 0 Å². The second-order valence-corrected chi connectivity index (χ2v) is 13.9. The fraction of sp³-hybridized carbons (Fsp3) is 0.0625. The normalized spacial score (nSPS) is 18.5. The van der Waals surface area contributed by atoms with E-state index in [1.54, 1.807) is 0 Å². The van der Waals surface area contributed by atoms with Gasteiger partial charge in [-0.15, -0.1) is 0 Å². The summed E-state index contributed by atoms with van der Waals surface area (Å²) in [4.78, 5) is 7.92. The summed E-state index contributed by atoms with van der Waals surface area (Å²) in [6.45, 7) is 0.